The van der Waals surface area contributed by atoms with Crippen LogP contribution in [-0.2, 0) is 10.4 Å². The summed E-state index contributed by atoms with van der Waals surface area (Å²) in [4.78, 5) is 11.0. The van der Waals surface area contributed by atoms with E-state index in [1.165, 1.54) is 0 Å². The Kier molecular flexibility index (Phi) is 3.41. The second-order valence-corrected chi connectivity index (χ2v) is 5.38. The molecule has 0 spiro atoms. The molecule has 98 valence electrons. The van der Waals surface area contributed by atoms with Crippen molar-refractivity contribution in [3.63, 3.8) is 0 Å². The maximum absolute atomic E-state index is 11.0. The summed E-state index contributed by atoms with van der Waals surface area (Å²) >= 11 is 0. The van der Waals surface area contributed by atoms with Crippen LogP contribution in [0.3, 0.4) is 0 Å². The smallest absolute Gasteiger partial charge is 0.307 e. The van der Waals surface area contributed by atoms with Crippen LogP contribution < -0.4 is 5.32 Å². The topological polar surface area (TPSA) is 69.6 Å². The normalized spacial score (nSPS) is 24.2. The zero-order chi connectivity index (χ0) is 13.3. The van der Waals surface area contributed by atoms with Crippen LogP contribution in [0.2, 0.25) is 0 Å². The summed E-state index contributed by atoms with van der Waals surface area (Å²) in [5.74, 6) is -1.10. The van der Waals surface area contributed by atoms with Gasteiger partial charge in [0.2, 0.25) is 0 Å². The van der Waals surface area contributed by atoms with E-state index in [0.29, 0.717) is 13.0 Å². The Labute approximate surface area is 107 Å². The Bertz CT molecular complexity index is 451. The van der Waals surface area contributed by atoms with Gasteiger partial charge in [-0.3, -0.25) is 4.79 Å². The quantitative estimate of drug-likeness (QED) is 0.762. The van der Waals surface area contributed by atoms with Gasteiger partial charge in [0.25, 0.3) is 0 Å². The van der Waals surface area contributed by atoms with Crippen molar-refractivity contribution in [1.29, 1.82) is 0 Å². The van der Waals surface area contributed by atoms with Crippen LogP contribution in [0.15, 0.2) is 24.3 Å². The zero-order valence-corrected chi connectivity index (χ0v) is 10.7. The number of carboxylic acid groups (broad SMARTS) is 1. The molecular weight excluding hydrogens is 230 g/mol. The van der Waals surface area contributed by atoms with E-state index in [1.807, 2.05) is 24.3 Å². The third-order valence-corrected chi connectivity index (χ3v) is 3.48. The van der Waals surface area contributed by atoms with Crippen LogP contribution >= 0.6 is 0 Å². The van der Waals surface area contributed by atoms with Crippen LogP contribution in [0.5, 0.6) is 0 Å². The Morgan fingerprint density at radius 2 is 2.06 bits per heavy atom. The van der Waals surface area contributed by atoms with Gasteiger partial charge in [-0.2, -0.15) is 0 Å². The Hall–Kier alpha value is -1.39. The summed E-state index contributed by atoms with van der Waals surface area (Å²) in [5.41, 5.74) is 0.932. The van der Waals surface area contributed by atoms with Gasteiger partial charge in [0.15, 0.2) is 0 Å². The number of carbonyl (C=O) groups is 1. The molecule has 1 fully saturated rings. The number of hydrogen-bond acceptors (Lipinski definition) is 3. The van der Waals surface area contributed by atoms with Gasteiger partial charge in [-0.05, 0) is 31.4 Å². The number of aliphatic hydroxyl groups is 1. The number of rotatable bonds is 3. The SMILES string of the molecule is CC(C)(O)c1ccccc1C1CC(C(=O)O)CN1. The number of nitrogens with one attached hydrogen (secondary N) is 1. The average Bonchev–Trinajstić information content (AvgIpc) is 2.77. The van der Waals surface area contributed by atoms with Crippen LogP contribution in [0.4, 0.5) is 0 Å². The van der Waals surface area contributed by atoms with Gasteiger partial charge in [0.05, 0.1) is 11.5 Å². The highest BCUT2D eigenvalue weighted by molar-refractivity contribution is 5.70. The minimum absolute atomic E-state index is 0.00808. The lowest BCUT2D eigenvalue weighted by Gasteiger charge is -2.24. The second-order valence-electron chi connectivity index (χ2n) is 5.38. The number of benzene rings is 1. The standard InChI is InChI=1S/C14H19NO3/c1-14(2,18)11-6-4-3-5-10(11)12-7-9(8-15-12)13(16)17/h3-6,9,12,15,18H,7-8H2,1-2H3,(H,16,17). The number of hydrogen-bond donors (Lipinski definition) is 3. The molecule has 1 aromatic rings. The lowest BCUT2D eigenvalue weighted by atomic mass is 9.88. The van der Waals surface area contributed by atoms with Crippen molar-refractivity contribution >= 4 is 5.97 Å². The van der Waals surface area contributed by atoms with Gasteiger partial charge < -0.3 is 15.5 Å². The van der Waals surface area contributed by atoms with Crippen LogP contribution in [-0.4, -0.2) is 22.7 Å². The van der Waals surface area contributed by atoms with E-state index in [9.17, 15) is 9.90 Å². The molecule has 4 heteroatoms. The molecule has 1 aliphatic heterocycles. The first-order chi connectivity index (χ1) is 8.39. The Morgan fingerprint density at radius 3 is 2.61 bits per heavy atom. The second kappa shape index (κ2) is 4.71. The number of carboxylic acids is 1. The van der Waals surface area contributed by atoms with E-state index in [1.54, 1.807) is 13.8 Å². The fourth-order valence-electron chi connectivity index (χ4n) is 2.52. The molecule has 1 heterocycles. The molecule has 3 N–H and O–H groups in total. The summed E-state index contributed by atoms with van der Waals surface area (Å²) < 4.78 is 0. The molecule has 2 unspecified atom stereocenters. The van der Waals surface area contributed by atoms with Gasteiger partial charge in [-0.1, -0.05) is 24.3 Å². The molecule has 0 amide bonds. The van der Waals surface area contributed by atoms with Crippen molar-refractivity contribution in [2.75, 3.05) is 6.54 Å². The molecule has 0 aromatic heterocycles. The molecule has 2 atom stereocenters. The first-order valence-corrected chi connectivity index (χ1v) is 6.17. The molecule has 0 bridgehead atoms. The molecule has 0 saturated carbocycles. The van der Waals surface area contributed by atoms with Crippen LogP contribution in [0, 0.1) is 5.92 Å². The monoisotopic (exact) mass is 249 g/mol. The predicted molar refractivity (Wildman–Crippen MR) is 68.2 cm³/mol. The maximum Gasteiger partial charge on any atom is 0.307 e. The highest BCUT2D eigenvalue weighted by Gasteiger charge is 2.33. The van der Waals surface area contributed by atoms with Gasteiger partial charge in [0, 0.05) is 12.6 Å². The molecule has 4 nitrogen and oxygen atoms in total. The maximum atomic E-state index is 11.0. The summed E-state index contributed by atoms with van der Waals surface area (Å²) in [6.07, 6.45) is 0.572. The third kappa shape index (κ3) is 2.54. The van der Waals surface area contributed by atoms with Crippen LogP contribution in [0.25, 0.3) is 0 Å². The molecule has 1 saturated heterocycles. The van der Waals surface area contributed by atoms with Crippen LogP contribution in [0.1, 0.15) is 37.4 Å². The van der Waals surface area contributed by atoms with Crippen molar-refractivity contribution in [3.8, 4) is 0 Å². The fraction of sp³-hybridized carbons (Fsp3) is 0.500. The van der Waals surface area contributed by atoms with Gasteiger partial charge in [0.1, 0.15) is 0 Å². The van der Waals surface area contributed by atoms with E-state index in [2.05, 4.69) is 5.32 Å². The Morgan fingerprint density at radius 1 is 1.39 bits per heavy atom. The molecule has 18 heavy (non-hydrogen) atoms. The van der Waals surface area contributed by atoms with E-state index in [-0.39, 0.29) is 12.0 Å². The summed E-state index contributed by atoms with van der Waals surface area (Å²) in [7, 11) is 0. The summed E-state index contributed by atoms with van der Waals surface area (Å²) in [6, 6.07) is 7.66. The molecule has 2 rings (SSSR count). The summed E-state index contributed by atoms with van der Waals surface area (Å²) in [5, 5.41) is 22.4. The largest absolute Gasteiger partial charge is 0.481 e. The van der Waals surface area contributed by atoms with Gasteiger partial charge in [-0.15, -0.1) is 0 Å². The fourth-order valence-corrected chi connectivity index (χ4v) is 2.52. The van der Waals surface area contributed by atoms with E-state index in [4.69, 9.17) is 5.11 Å². The number of aliphatic carboxylic acids is 1. The first kappa shape index (κ1) is 13.1. The zero-order valence-electron chi connectivity index (χ0n) is 10.7. The van der Waals surface area contributed by atoms with E-state index in [0.717, 1.165) is 11.1 Å². The molecule has 0 radical (unpaired) electrons. The summed E-state index contributed by atoms with van der Waals surface area (Å²) in [6.45, 7) is 3.98. The van der Waals surface area contributed by atoms with Crippen molar-refractivity contribution < 1.29 is 15.0 Å². The molecule has 1 aromatic carbocycles. The van der Waals surface area contributed by atoms with E-state index >= 15 is 0 Å². The molecular formula is C14H19NO3. The van der Waals surface area contributed by atoms with Gasteiger partial charge in [-0.25, -0.2) is 0 Å². The molecule has 1 aliphatic rings. The average molecular weight is 249 g/mol. The van der Waals surface area contributed by atoms with E-state index < -0.39 is 11.6 Å². The van der Waals surface area contributed by atoms with Crippen molar-refractivity contribution in [1.82, 2.24) is 5.32 Å². The molecule has 0 aliphatic carbocycles. The van der Waals surface area contributed by atoms with Gasteiger partial charge >= 0.3 is 5.97 Å². The highest BCUT2D eigenvalue weighted by atomic mass is 16.4. The predicted octanol–water partition coefficient (Wildman–Crippen LogP) is 1.65. The first-order valence-electron chi connectivity index (χ1n) is 6.17. The lowest BCUT2D eigenvalue weighted by molar-refractivity contribution is -0.141. The Balaban J connectivity index is 2.27. The minimum atomic E-state index is -0.917. The highest BCUT2D eigenvalue weighted by Crippen LogP contribution is 2.33. The van der Waals surface area contributed by atoms with Crippen molar-refractivity contribution in [3.05, 3.63) is 35.4 Å². The third-order valence-electron chi connectivity index (χ3n) is 3.48. The van der Waals surface area contributed by atoms with Crippen molar-refractivity contribution in [2.24, 2.45) is 5.92 Å². The van der Waals surface area contributed by atoms with Crippen molar-refractivity contribution in [2.45, 2.75) is 31.9 Å². The minimum Gasteiger partial charge on any atom is -0.481 e. The lowest BCUT2D eigenvalue weighted by Crippen LogP contribution is -2.22.